The molecule has 0 spiro atoms. The zero-order chi connectivity index (χ0) is 17.9. The van der Waals surface area contributed by atoms with Crippen molar-refractivity contribution in [2.45, 2.75) is 38.5 Å². The minimum Gasteiger partial charge on any atom is -0.462 e. The number of rotatable bonds is 6. The van der Waals surface area contributed by atoms with E-state index in [2.05, 4.69) is 25.2 Å². The highest BCUT2D eigenvalue weighted by Gasteiger charge is 2.25. The van der Waals surface area contributed by atoms with Gasteiger partial charge in [0.05, 0.1) is 18.5 Å². The molecule has 3 heterocycles. The Morgan fingerprint density at radius 3 is 2.69 bits per heavy atom. The van der Waals surface area contributed by atoms with Gasteiger partial charge in [-0.25, -0.2) is 9.78 Å². The molecule has 0 atom stereocenters. The summed E-state index contributed by atoms with van der Waals surface area (Å²) in [5.41, 5.74) is 2.26. The maximum absolute atomic E-state index is 12.3. The predicted molar refractivity (Wildman–Crippen MR) is 98.9 cm³/mol. The fourth-order valence-corrected chi connectivity index (χ4v) is 3.13. The summed E-state index contributed by atoms with van der Waals surface area (Å²) in [7, 11) is 0. The fraction of sp³-hybridized carbons (Fsp3) is 0.474. The van der Waals surface area contributed by atoms with E-state index < -0.39 is 5.97 Å². The lowest BCUT2D eigenvalue weighted by Crippen LogP contribution is -2.22. The van der Waals surface area contributed by atoms with Gasteiger partial charge >= 0.3 is 5.97 Å². The van der Waals surface area contributed by atoms with Gasteiger partial charge in [0, 0.05) is 30.9 Å². The van der Waals surface area contributed by atoms with E-state index >= 15 is 0 Å². The molecule has 2 fully saturated rings. The van der Waals surface area contributed by atoms with Gasteiger partial charge in [0.2, 0.25) is 5.95 Å². The highest BCUT2D eigenvalue weighted by molar-refractivity contribution is 5.95. The van der Waals surface area contributed by atoms with Crippen LogP contribution < -0.4 is 10.2 Å². The number of hydrogen-bond donors (Lipinski definition) is 1. The number of ether oxygens (including phenoxy) is 1. The van der Waals surface area contributed by atoms with Crippen LogP contribution in [0.2, 0.25) is 0 Å². The molecule has 0 bridgehead atoms. The molecule has 1 saturated heterocycles. The molecule has 1 N–H and O–H groups in total. The van der Waals surface area contributed by atoms with E-state index in [0.29, 0.717) is 29.9 Å². The Bertz CT molecular complexity index is 783. The lowest BCUT2D eigenvalue weighted by molar-refractivity contribution is 0.0526. The summed E-state index contributed by atoms with van der Waals surface area (Å²) < 4.78 is 5.14. The minimum atomic E-state index is -0.425. The lowest BCUT2D eigenvalue weighted by Gasteiger charge is -2.17. The van der Waals surface area contributed by atoms with Gasteiger partial charge in [0.1, 0.15) is 5.56 Å². The number of nitrogens with one attached hydrogen (secondary N) is 1. The van der Waals surface area contributed by atoms with Crippen LogP contribution in [0.25, 0.3) is 0 Å². The first kappa shape index (κ1) is 16.8. The second kappa shape index (κ2) is 7.27. The third-order valence-electron chi connectivity index (χ3n) is 4.71. The molecular weight excluding hydrogens is 330 g/mol. The number of esters is 1. The second-order valence-electron chi connectivity index (χ2n) is 6.72. The first-order chi connectivity index (χ1) is 12.7. The number of pyridine rings is 1. The van der Waals surface area contributed by atoms with E-state index in [1.54, 1.807) is 19.3 Å². The van der Waals surface area contributed by atoms with Crippen LogP contribution in [0.3, 0.4) is 0 Å². The summed E-state index contributed by atoms with van der Waals surface area (Å²) in [6.07, 6.45) is 8.06. The van der Waals surface area contributed by atoms with Crippen molar-refractivity contribution in [2.24, 2.45) is 0 Å². The third-order valence-corrected chi connectivity index (χ3v) is 4.71. The molecular formula is C19H23N5O2. The average molecular weight is 353 g/mol. The summed E-state index contributed by atoms with van der Waals surface area (Å²) in [5.74, 6) is 1.28. The second-order valence-corrected chi connectivity index (χ2v) is 6.72. The summed E-state index contributed by atoms with van der Waals surface area (Å²) in [6, 6.07) is 4.01. The molecule has 26 heavy (non-hydrogen) atoms. The quantitative estimate of drug-likeness (QED) is 0.798. The van der Waals surface area contributed by atoms with E-state index in [9.17, 15) is 4.79 Å². The van der Waals surface area contributed by atoms with Crippen LogP contribution in [0.5, 0.6) is 0 Å². The molecule has 4 rings (SSSR count). The highest BCUT2D eigenvalue weighted by Crippen LogP contribution is 2.39. The van der Waals surface area contributed by atoms with Crippen molar-refractivity contribution < 1.29 is 9.53 Å². The molecule has 7 heteroatoms. The highest BCUT2D eigenvalue weighted by atomic mass is 16.5. The topological polar surface area (TPSA) is 80.2 Å². The Balaban J connectivity index is 1.61. The zero-order valence-corrected chi connectivity index (χ0v) is 14.9. The van der Waals surface area contributed by atoms with Crippen molar-refractivity contribution in [3.8, 4) is 0 Å². The Kier molecular flexibility index (Phi) is 4.69. The van der Waals surface area contributed by atoms with Gasteiger partial charge in [-0.3, -0.25) is 4.98 Å². The molecule has 0 unspecified atom stereocenters. The molecule has 0 radical (unpaired) electrons. The van der Waals surface area contributed by atoms with E-state index in [4.69, 9.17) is 4.74 Å². The minimum absolute atomic E-state index is 0.309. The van der Waals surface area contributed by atoms with Crippen LogP contribution in [0, 0.1) is 0 Å². The molecule has 2 aromatic rings. The van der Waals surface area contributed by atoms with Gasteiger partial charge in [0.15, 0.2) is 5.82 Å². The number of aromatic nitrogens is 3. The summed E-state index contributed by atoms with van der Waals surface area (Å²) in [6.45, 7) is 3.97. The van der Waals surface area contributed by atoms with E-state index in [-0.39, 0.29) is 0 Å². The normalized spacial score (nSPS) is 16.6. The summed E-state index contributed by atoms with van der Waals surface area (Å²) >= 11 is 0. The first-order valence-corrected chi connectivity index (χ1v) is 9.26. The van der Waals surface area contributed by atoms with Crippen molar-refractivity contribution in [2.75, 3.05) is 29.9 Å². The van der Waals surface area contributed by atoms with Gasteiger partial charge in [-0.05, 0) is 44.7 Å². The predicted octanol–water partition coefficient (Wildman–Crippen LogP) is 3.27. The van der Waals surface area contributed by atoms with E-state index in [1.165, 1.54) is 12.8 Å². The lowest BCUT2D eigenvalue weighted by atomic mass is 10.2. The molecule has 1 aliphatic heterocycles. The van der Waals surface area contributed by atoms with Crippen molar-refractivity contribution >= 4 is 23.4 Å². The van der Waals surface area contributed by atoms with Crippen molar-refractivity contribution in [1.82, 2.24) is 15.0 Å². The van der Waals surface area contributed by atoms with Crippen LogP contribution in [0.4, 0.5) is 17.5 Å². The number of anilines is 3. The SMILES string of the molecule is CCOC(=O)c1cnc(N2CCCC2)nc1Nc1ccc(C2CC2)nc1. The first-order valence-electron chi connectivity index (χ1n) is 9.26. The molecule has 0 aromatic carbocycles. The molecule has 2 aromatic heterocycles. The van der Waals surface area contributed by atoms with E-state index in [1.807, 2.05) is 12.1 Å². The average Bonchev–Trinajstić information content (AvgIpc) is 3.36. The number of hydrogen-bond acceptors (Lipinski definition) is 7. The zero-order valence-electron chi connectivity index (χ0n) is 14.9. The van der Waals surface area contributed by atoms with Gasteiger partial charge in [-0.1, -0.05) is 0 Å². The van der Waals surface area contributed by atoms with Crippen molar-refractivity contribution in [1.29, 1.82) is 0 Å². The summed E-state index contributed by atoms with van der Waals surface area (Å²) in [5, 5.41) is 3.22. The third kappa shape index (κ3) is 3.61. The maximum Gasteiger partial charge on any atom is 0.343 e. The Morgan fingerprint density at radius 1 is 1.23 bits per heavy atom. The molecule has 7 nitrogen and oxygen atoms in total. The van der Waals surface area contributed by atoms with Gasteiger partial charge in [0.25, 0.3) is 0 Å². The Morgan fingerprint density at radius 2 is 2.04 bits per heavy atom. The molecule has 2 aliphatic rings. The van der Waals surface area contributed by atoms with Gasteiger partial charge in [-0.2, -0.15) is 4.98 Å². The van der Waals surface area contributed by atoms with Crippen molar-refractivity contribution in [3.05, 3.63) is 35.8 Å². The maximum atomic E-state index is 12.3. The number of carbonyl (C=O) groups is 1. The summed E-state index contributed by atoms with van der Waals surface area (Å²) in [4.78, 5) is 27.9. The van der Waals surface area contributed by atoms with Gasteiger partial charge < -0.3 is 15.0 Å². The fourth-order valence-electron chi connectivity index (χ4n) is 3.13. The van der Waals surface area contributed by atoms with Crippen LogP contribution in [0.1, 0.15) is 54.6 Å². The monoisotopic (exact) mass is 353 g/mol. The smallest absolute Gasteiger partial charge is 0.343 e. The molecule has 136 valence electrons. The van der Waals surface area contributed by atoms with Crippen LogP contribution in [0.15, 0.2) is 24.5 Å². The molecule has 0 amide bonds. The Labute approximate surface area is 152 Å². The standard InChI is InChI=1S/C19H23N5O2/c1-2-26-18(25)15-12-21-19(24-9-3-4-10-24)23-17(15)22-14-7-8-16(20-11-14)13-5-6-13/h7-8,11-13H,2-6,9-10H2,1H3,(H,21,22,23). The molecule has 1 aliphatic carbocycles. The van der Waals surface area contributed by atoms with Crippen molar-refractivity contribution in [3.63, 3.8) is 0 Å². The van der Waals surface area contributed by atoms with Crippen LogP contribution in [-0.2, 0) is 4.74 Å². The molecule has 1 saturated carbocycles. The van der Waals surface area contributed by atoms with Crippen LogP contribution >= 0.6 is 0 Å². The Hall–Kier alpha value is -2.70. The van der Waals surface area contributed by atoms with Crippen LogP contribution in [-0.4, -0.2) is 40.6 Å². The number of carbonyl (C=O) groups excluding carboxylic acids is 1. The number of nitrogens with zero attached hydrogens (tertiary/aromatic N) is 4. The van der Waals surface area contributed by atoms with E-state index in [0.717, 1.165) is 37.3 Å². The van der Waals surface area contributed by atoms with Gasteiger partial charge in [-0.15, -0.1) is 0 Å². The largest absolute Gasteiger partial charge is 0.462 e.